The number of aliphatic hydroxyl groups excluding tert-OH is 3. The summed E-state index contributed by atoms with van der Waals surface area (Å²) < 4.78 is 13.2. The lowest BCUT2D eigenvalue weighted by Gasteiger charge is -2.31. The van der Waals surface area contributed by atoms with Crippen LogP contribution in [0.4, 0.5) is 46.7 Å². The summed E-state index contributed by atoms with van der Waals surface area (Å²) in [5.41, 5.74) is 16.6. The minimum absolute atomic E-state index is 0.185. The van der Waals surface area contributed by atoms with E-state index in [0.29, 0.717) is 31.8 Å². The molecule has 12 aromatic heterocycles. The lowest BCUT2D eigenvalue weighted by molar-refractivity contribution is -0.605. The maximum absolute atomic E-state index is 11.5. The van der Waals surface area contributed by atoms with Gasteiger partial charge < -0.3 is 68.0 Å². The molecule has 12 N–H and O–H groups in total. The highest BCUT2D eigenvalue weighted by Gasteiger charge is 2.29. The smallest absolute Gasteiger partial charge is 0.219 e. The van der Waals surface area contributed by atoms with Crippen LogP contribution in [0.1, 0.15) is 92.9 Å². The molecule has 0 radical (unpaired) electrons. The first-order valence-electron chi connectivity index (χ1n) is 36.5. The fraction of sp³-hybridized carbons (Fsp3) is 0.329. The number of nitrogens with zero attached hydrogens (tertiary/aromatic N) is 18. The van der Waals surface area contributed by atoms with Crippen LogP contribution in [0.2, 0.25) is 0 Å². The Labute approximate surface area is 666 Å². The van der Waals surface area contributed by atoms with E-state index in [1.807, 2.05) is 89.3 Å². The van der Waals surface area contributed by atoms with E-state index in [1.165, 1.54) is 18.8 Å². The summed E-state index contributed by atoms with van der Waals surface area (Å²) in [6.45, 7) is 2.91. The van der Waals surface area contributed by atoms with E-state index in [-0.39, 0.29) is 61.6 Å². The Morgan fingerprint density at radius 3 is 1.43 bits per heavy atom. The summed E-state index contributed by atoms with van der Waals surface area (Å²) in [7, 11) is 2.00. The highest BCUT2D eigenvalue weighted by atomic mass is 79.9. The van der Waals surface area contributed by atoms with Gasteiger partial charge in [0.15, 0.2) is 35.0 Å². The molecule has 0 amide bonds. The van der Waals surface area contributed by atoms with Gasteiger partial charge in [-0.3, -0.25) is 4.98 Å². The van der Waals surface area contributed by atoms with Crippen molar-refractivity contribution in [3.63, 3.8) is 0 Å². The standard InChI is InChI=1S/C21H17BrN6.C19H23BrN6O2.C18H23BrN8O.C18H21BrN6O/c1-27-13-24-18-9-14(7-8-19(18)27)11-23-20-10-17(15-5-3-2-4-6-15)26-21-16(22)12-25-28(20)21;20-15-10-22-26-18(21-9-13-4-3-7-25(28)11-13)8-17(24-19(15)26)23-16-6-2-1-5-14(16)12-27;19-13-9-24-27-16(21-6-11-7-22-18(20)23-8-11)5-15(26-17(13)27)25-14-4-2-1-3-12(14)10-28;19-14-10-22-25-17(21-9-12-3-2-6-20-8-12)7-16(24-18(14)25)23-15-5-1-4-13(15)11-26/h2-10,12-13,23H,11H2,1H3;3-4,7-8,10-11,14,16,21,27H,1-2,5-6,9,12H2,(H,23,24);5,7-9,12,14,21,28H,1-4,6,10H2,(H,25,26)(H2,20,22,23);2-3,6-8,10,13,15,21,26H,1,4-5,9,11H2,(H,23,24)/t;14-,16-;12-,14-;13-,15-/m.010/s1. The Hall–Kier alpha value is -10.2. The van der Waals surface area contributed by atoms with Gasteiger partial charge in [0.05, 0.1) is 65.7 Å². The first-order chi connectivity index (χ1) is 53.7. The summed E-state index contributed by atoms with van der Waals surface area (Å²) in [5, 5.41) is 82.2. The molecule has 3 aliphatic carbocycles. The molecule has 3 fully saturated rings. The number of rotatable bonds is 22. The Morgan fingerprint density at radius 2 is 0.927 bits per heavy atom. The molecule has 30 nitrogen and oxygen atoms in total. The fourth-order valence-electron chi connectivity index (χ4n) is 14.1. The zero-order valence-electron chi connectivity index (χ0n) is 60.2. The van der Waals surface area contributed by atoms with Crippen LogP contribution < -0.4 is 47.7 Å². The van der Waals surface area contributed by atoms with Gasteiger partial charge in [-0.05, 0) is 138 Å². The van der Waals surface area contributed by atoms with Crippen molar-refractivity contribution in [2.24, 2.45) is 24.8 Å². The second kappa shape index (κ2) is 36.1. The predicted molar refractivity (Wildman–Crippen MR) is 439 cm³/mol. The molecule has 3 saturated carbocycles. The average Bonchev–Trinajstić information content (AvgIpc) is 1.61. The molecular weight excluding hydrogens is 1660 g/mol. The van der Waals surface area contributed by atoms with Crippen molar-refractivity contribution in [1.29, 1.82) is 0 Å². The van der Waals surface area contributed by atoms with Gasteiger partial charge in [-0.15, -0.1) is 0 Å². The number of halogens is 4. The number of benzene rings is 2. The quantitative estimate of drug-likeness (QED) is 0.0222. The van der Waals surface area contributed by atoms with E-state index in [9.17, 15) is 20.5 Å². The number of anilines is 8. The fourth-order valence-corrected chi connectivity index (χ4v) is 15.5. The minimum Gasteiger partial charge on any atom is -0.619 e. The van der Waals surface area contributed by atoms with E-state index in [1.54, 1.807) is 63.0 Å². The van der Waals surface area contributed by atoms with E-state index in [2.05, 4.69) is 172 Å². The lowest BCUT2D eigenvalue weighted by atomic mass is 9.85. The van der Waals surface area contributed by atoms with E-state index < -0.39 is 0 Å². The third kappa shape index (κ3) is 18.6. The molecule has 12 heterocycles. The molecule has 0 spiro atoms. The van der Waals surface area contributed by atoms with Crippen LogP contribution in [0.25, 0.3) is 44.9 Å². The van der Waals surface area contributed by atoms with E-state index >= 15 is 0 Å². The molecule has 34 heteroatoms. The molecule has 17 rings (SSSR count). The molecule has 6 atom stereocenters. The second-order valence-electron chi connectivity index (χ2n) is 27.4. The van der Waals surface area contributed by atoms with E-state index in [4.69, 9.17) is 25.7 Å². The summed E-state index contributed by atoms with van der Waals surface area (Å²) in [6.07, 6.45) is 30.8. The van der Waals surface area contributed by atoms with Crippen molar-refractivity contribution in [1.82, 2.24) is 82.9 Å². The molecule has 0 bridgehead atoms. The number of hydrogen-bond donors (Lipinski definition) is 11. The summed E-state index contributed by atoms with van der Waals surface area (Å²) >= 11 is 14.1. The molecule has 3 aliphatic rings. The Morgan fingerprint density at radius 1 is 0.473 bits per heavy atom. The van der Waals surface area contributed by atoms with Crippen molar-refractivity contribution in [3.8, 4) is 11.3 Å². The van der Waals surface area contributed by atoms with Gasteiger partial charge >= 0.3 is 0 Å². The predicted octanol–water partition coefficient (Wildman–Crippen LogP) is 12.9. The van der Waals surface area contributed by atoms with Crippen molar-refractivity contribution >= 4 is 144 Å². The Bertz CT molecular complexity index is 5400. The van der Waals surface area contributed by atoms with Gasteiger partial charge in [0.25, 0.3) is 0 Å². The topological polar surface area (TPSA) is 375 Å². The maximum Gasteiger partial charge on any atom is 0.219 e. The number of aryl methyl sites for hydroxylation is 1. The molecule has 110 heavy (non-hydrogen) atoms. The zero-order chi connectivity index (χ0) is 76.0. The highest BCUT2D eigenvalue weighted by Crippen LogP contribution is 2.34. The minimum atomic E-state index is 0.185. The Kier molecular flexibility index (Phi) is 25.1. The third-order valence-corrected chi connectivity index (χ3v) is 22.2. The van der Waals surface area contributed by atoms with Crippen molar-refractivity contribution in [2.45, 2.75) is 115 Å². The molecule has 2 aromatic carbocycles. The van der Waals surface area contributed by atoms with Gasteiger partial charge in [-0.2, -0.15) is 43.2 Å². The summed E-state index contributed by atoms with van der Waals surface area (Å²) in [6, 6.07) is 32.6. The molecule has 0 unspecified atom stereocenters. The SMILES string of the molecule is Cn1cnc2cc(CNc3cc(-c4ccccc4)nc4c(Br)cnn34)ccc21.Nc1ncc(CNc2cc(N[C@@H]3CCCC[C@@H]3CO)nc3c(Br)cnn23)cn1.OC[C@@H]1CCC[C@@H]1Nc1cc(NCc2cccnc2)n2ncc(Br)c2n1.[O-][n+]1cccc(CNc2cc(N[C@H]3CCCC[C@H]3CO)nc3c(Br)cnn23)c1. The van der Waals surface area contributed by atoms with Gasteiger partial charge in [-0.1, -0.05) is 74.6 Å². The number of nitrogen functional groups attached to an aromatic ring is 1. The number of nitrogens with one attached hydrogen (secondary N) is 7. The number of fused-ring (bicyclic) bond motifs is 5. The van der Waals surface area contributed by atoms with Crippen molar-refractivity contribution in [3.05, 3.63) is 211 Å². The van der Waals surface area contributed by atoms with Crippen LogP contribution in [0.5, 0.6) is 0 Å². The van der Waals surface area contributed by atoms with Crippen LogP contribution in [0, 0.1) is 23.0 Å². The summed E-state index contributed by atoms with van der Waals surface area (Å²) in [5.74, 6) is 6.64. The maximum atomic E-state index is 11.5. The van der Waals surface area contributed by atoms with Crippen LogP contribution in [0.3, 0.4) is 0 Å². The van der Waals surface area contributed by atoms with Gasteiger partial charge in [0.1, 0.15) is 40.7 Å². The second-order valence-corrected chi connectivity index (χ2v) is 30.9. The van der Waals surface area contributed by atoms with Crippen LogP contribution in [-0.4, -0.2) is 136 Å². The van der Waals surface area contributed by atoms with Crippen LogP contribution in [0.15, 0.2) is 183 Å². The summed E-state index contributed by atoms with van der Waals surface area (Å²) in [4.78, 5) is 35.5. The van der Waals surface area contributed by atoms with Crippen molar-refractivity contribution in [2.75, 3.05) is 62.8 Å². The lowest BCUT2D eigenvalue weighted by Crippen LogP contribution is -2.34. The molecular formula is C76H84Br4N26O4. The van der Waals surface area contributed by atoms with Gasteiger partial charge in [0, 0.05) is 161 Å². The number of pyridine rings is 2. The molecule has 0 aliphatic heterocycles. The molecule has 570 valence electrons. The Balaban J connectivity index is 0.000000122. The highest BCUT2D eigenvalue weighted by molar-refractivity contribution is 9.11. The third-order valence-electron chi connectivity index (χ3n) is 19.9. The first-order valence-corrected chi connectivity index (χ1v) is 39.7. The number of nitrogens with two attached hydrogens (primary N) is 1. The molecule has 14 aromatic rings. The zero-order valence-corrected chi connectivity index (χ0v) is 66.5. The van der Waals surface area contributed by atoms with Crippen LogP contribution in [-0.2, 0) is 33.2 Å². The number of aliphatic hydroxyl groups is 3. The number of imidazole rings is 1. The number of aromatic nitrogens is 18. The van der Waals surface area contributed by atoms with Gasteiger partial charge in [0.2, 0.25) is 5.95 Å². The van der Waals surface area contributed by atoms with Crippen molar-refractivity contribution < 1.29 is 20.0 Å². The number of hydrogen-bond acceptors (Lipinski definition) is 24. The van der Waals surface area contributed by atoms with Crippen LogP contribution >= 0.6 is 63.7 Å². The first kappa shape index (κ1) is 76.5. The average molecular weight is 1750 g/mol. The normalized spacial score (nSPS) is 17.6. The monoisotopic (exact) mass is 1740 g/mol. The molecule has 0 saturated heterocycles. The van der Waals surface area contributed by atoms with Gasteiger partial charge in [-0.25, -0.2) is 34.9 Å². The largest absolute Gasteiger partial charge is 0.619 e. The van der Waals surface area contributed by atoms with E-state index in [0.717, 1.165) is 189 Å².